The first kappa shape index (κ1) is 10.0. The SMILES string of the molecule is CC#CCCCCOC(C)=O. The van der Waals surface area contributed by atoms with Crippen LogP contribution < -0.4 is 0 Å². The van der Waals surface area contributed by atoms with Crippen molar-refractivity contribution in [1.82, 2.24) is 0 Å². The van der Waals surface area contributed by atoms with E-state index in [0.717, 1.165) is 19.3 Å². The van der Waals surface area contributed by atoms with Crippen LogP contribution in [-0.2, 0) is 9.53 Å². The minimum Gasteiger partial charge on any atom is -0.466 e. The Kier molecular flexibility index (Phi) is 6.51. The van der Waals surface area contributed by atoms with Gasteiger partial charge in [0.15, 0.2) is 0 Å². The second kappa shape index (κ2) is 7.14. The van der Waals surface area contributed by atoms with Crippen LogP contribution in [0.25, 0.3) is 0 Å². The Balaban J connectivity index is 3.00. The van der Waals surface area contributed by atoms with Crippen molar-refractivity contribution in [2.75, 3.05) is 6.61 Å². The Bertz CT molecular complexity index is 162. The fourth-order valence-corrected chi connectivity index (χ4v) is 0.656. The van der Waals surface area contributed by atoms with Crippen molar-refractivity contribution in [3.8, 4) is 11.8 Å². The number of hydrogen-bond donors (Lipinski definition) is 0. The van der Waals surface area contributed by atoms with E-state index >= 15 is 0 Å². The van der Waals surface area contributed by atoms with Gasteiger partial charge in [-0.1, -0.05) is 0 Å². The Morgan fingerprint density at radius 2 is 2.18 bits per heavy atom. The van der Waals surface area contributed by atoms with Gasteiger partial charge in [0.05, 0.1) is 6.61 Å². The summed E-state index contributed by atoms with van der Waals surface area (Å²) in [5.41, 5.74) is 0. The van der Waals surface area contributed by atoms with Crippen molar-refractivity contribution in [3.05, 3.63) is 0 Å². The first-order valence-electron chi connectivity index (χ1n) is 3.80. The third kappa shape index (κ3) is 9.03. The molecular weight excluding hydrogens is 140 g/mol. The molecule has 0 radical (unpaired) electrons. The molecule has 2 heteroatoms. The molecule has 11 heavy (non-hydrogen) atoms. The molecular formula is C9H14O2. The van der Waals surface area contributed by atoms with E-state index in [1.54, 1.807) is 0 Å². The zero-order valence-corrected chi connectivity index (χ0v) is 7.14. The zero-order chi connectivity index (χ0) is 8.53. The van der Waals surface area contributed by atoms with Gasteiger partial charge in [0, 0.05) is 13.3 Å². The molecule has 62 valence electrons. The fraction of sp³-hybridized carbons (Fsp3) is 0.667. The van der Waals surface area contributed by atoms with Crippen LogP contribution in [0.1, 0.15) is 33.1 Å². The van der Waals surface area contributed by atoms with Gasteiger partial charge < -0.3 is 4.74 Å². The summed E-state index contributed by atoms with van der Waals surface area (Å²) in [4.78, 5) is 10.3. The van der Waals surface area contributed by atoms with Crippen LogP contribution in [0.2, 0.25) is 0 Å². The molecule has 2 nitrogen and oxygen atoms in total. The van der Waals surface area contributed by atoms with E-state index in [0.29, 0.717) is 6.61 Å². The standard InChI is InChI=1S/C9H14O2/c1-3-4-5-6-7-8-11-9(2)10/h5-8H2,1-2H3. The van der Waals surface area contributed by atoms with E-state index in [1.807, 2.05) is 6.92 Å². The van der Waals surface area contributed by atoms with Crippen LogP contribution in [0, 0.1) is 11.8 Å². The average Bonchev–Trinajstić information content (AvgIpc) is 1.96. The lowest BCUT2D eigenvalue weighted by atomic mass is 10.2. The van der Waals surface area contributed by atoms with Crippen molar-refractivity contribution in [2.45, 2.75) is 33.1 Å². The molecule has 0 saturated heterocycles. The normalized spacial score (nSPS) is 8.18. The van der Waals surface area contributed by atoms with Gasteiger partial charge in [-0.05, 0) is 19.8 Å². The van der Waals surface area contributed by atoms with Crippen LogP contribution in [0.4, 0.5) is 0 Å². The molecule has 0 rings (SSSR count). The van der Waals surface area contributed by atoms with E-state index in [9.17, 15) is 4.79 Å². The number of carbonyl (C=O) groups excluding carboxylic acids is 1. The summed E-state index contributed by atoms with van der Waals surface area (Å²) < 4.78 is 4.73. The van der Waals surface area contributed by atoms with Gasteiger partial charge in [-0.25, -0.2) is 0 Å². The van der Waals surface area contributed by atoms with Crippen LogP contribution in [-0.4, -0.2) is 12.6 Å². The molecule has 0 unspecified atom stereocenters. The van der Waals surface area contributed by atoms with Gasteiger partial charge in [0.2, 0.25) is 0 Å². The van der Waals surface area contributed by atoms with Gasteiger partial charge in [-0.15, -0.1) is 11.8 Å². The Morgan fingerprint density at radius 1 is 1.45 bits per heavy atom. The summed E-state index contributed by atoms with van der Waals surface area (Å²) in [5, 5.41) is 0. The number of rotatable bonds is 4. The topological polar surface area (TPSA) is 26.3 Å². The predicted octanol–water partition coefficient (Wildman–Crippen LogP) is 1.74. The second-order valence-corrected chi connectivity index (χ2v) is 2.22. The second-order valence-electron chi connectivity index (χ2n) is 2.22. The molecule has 0 aromatic rings. The van der Waals surface area contributed by atoms with Crippen LogP contribution in [0.3, 0.4) is 0 Å². The maximum atomic E-state index is 10.3. The summed E-state index contributed by atoms with van der Waals surface area (Å²) in [6.45, 7) is 3.78. The summed E-state index contributed by atoms with van der Waals surface area (Å²) >= 11 is 0. The van der Waals surface area contributed by atoms with E-state index in [4.69, 9.17) is 4.74 Å². The lowest BCUT2D eigenvalue weighted by molar-refractivity contribution is -0.141. The maximum Gasteiger partial charge on any atom is 0.302 e. The average molecular weight is 154 g/mol. The predicted molar refractivity (Wildman–Crippen MR) is 43.9 cm³/mol. The molecule has 0 N–H and O–H groups in total. The largest absolute Gasteiger partial charge is 0.466 e. The molecule has 0 heterocycles. The molecule has 0 amide bonds. The molecule has 0 fully saturated rings. The highest BCUT2D eigenvalue weighted by atomic mass is 16.5. The van der Waals surface area contributed by atoms with E-state index in [1.165, 1.54) is 6.92 Å². The number of ether oxygens (including phenoxy) is 1. The lowest BCUT2D eigenvalue weighted by Crippen LogP contribution is -1.99. The quantitative estimate of drug-likeness (QED) is 0.350. The highest BCUT2D eigenvalue weighted by molar-refractivity contribution is 5.65. The van der Waals surface area contributed by atoms with Crippen LogP contribution in [0.15, 0.2) is 0 Å². The Hall–Kier alpha value is -0.970. The molecule has 0 saturated carbocycles. The molecule has 0 atom stereocenters. The number of hydrogen-bond acceptors (Lipinski definition) is 2. The van der Waals surface area contributed by atoms with E-state index < -0.39 is 0 Å². The minimum atomic E-state index is -0.202. The number of esters is 1. The zero-order valence-electron chi connectivity index (χ0n) is 7.14. The monoisotopic (exact) mass is 154 g/mol. The first-order valence-corrected chi connectivity index (χ1v) is 3.80. The van der Waals surface area contributed by atoms with Gasteiger partial charge in [0.25, 0.3) is 0 Å². The number of unbranched alkanes of at least 4 members (excludes halogenated alkanes) is 2. The first-order chi connectivity index (χ1) is 5.27. The third-order valence-corrected chi connectivity index (χ3v) is 1.18. The number of carbonyl (C=O) groups is 1. The van der Waals surface area contributed by atoms with Gasteiger partial charge >= 0.3 is 5.97 Å². The molecule has 0 spiro atoms. The van der Waals surface area contributed by atoms with E-state index in [2.05, 4.69) is 11.8 Å². The van der Waals surface area contributed by atoms with Crippen molar-refractivity contribution < 1.29 is 9.53 Å². The van der Waals surface area contributed by atoms with Gasteiger partial charge in [-0.3, -0.25) is 4.79 Å². The third-order valence-electron chi connectivity index (χ3n) is 1.18. The van der Waals surface area contributed by atoms with Crippen molar-refractivity contribution in [1.29, 1.82) is 0 Å². The summed E-state index contributed by atoms with van der Waals surface area (Å²) in [6.07, 6.45) is 2.82. The van der Waals surface area contributed by atoms with Gasteiger partial charge in [-0.2, -0.15) is 0 Å². The van der Waals surface area contributed by atoms with Crippen molar-refractivity contribution in [3.63, 3.8) is 0 Å². The Morgan fingerprint density at radius 3 is 2.73 bits per heavy atom. The lowest BCUT2D eigenvalue weighted by Gasteiger charge is -1.98. The van der Waals surface area contributed by atoms with Gasteiger partial charge in [0.1, 0.15) is 0 Å². The molecule has 0 bridgehead atoms. The van der Waals surface area contributed by atoms with E-state index in [-0.39, 0.29) is 5.97 Å². The van der Waals surface area contributed by atoms with Crippen molar-refractivity contribution in [2.24, 2.45) is 0 Å². The van der Waals surface area contributed by atoms with Crippen LogP contribution >= 0.6 is 0 Å². The highest BCUT2D eigenvalue weighted by Gasteiger charge is 1.90. The smallest absolute Gasteiger partial charge is 0.302 e. The van der Waals surface area contributed by atoms with Crippen LogP contribution in [0.5, 0.6) is 0 Å². The molecule has 0 aliphatic carbocycles. The summed E-state index contributed by atoms with van der Waals surface area (Å²) in [5.74, 6) is 5.55. The fourth-order valence-electron chi connectivity index (χ4n) is 0.656. The maximum absolute atomic E-state index is 10.3. The molecule has 0 aliphatic heterocycles. The van der Waals surface area contributed by atoms with Crippen molar-refractivity contribution >= 4 is 5.97 Å². The molecule has 0 aromatic carbocycles. The molecule has 0 aromatic heterocycles. The minimum absolute atomic E-state index is 0.202. The highest BCUT2D eigenvalue weighted by Crippen LogP contribution is 1.94. The summed E-state index contributed by atoms with van der Waals surface area (Å²) in [6, 6.07) is 0. The Labute approximate surface area is 67.9 Å². The summed E-state index contributed by atoms with van der Waals surface area (Å²) in [7, 11) is 0. The molecule has 0 aliphatic rings.